The van der Waals surface area contributed by atoms with Crippen molar-refractivity contribution in [2.75, 3.05) is 18.4 Å². The predicted octanol–water partition coefficient (Wildman–Crippen LogP) is 2.86. The number of hydrogen-bond acceptors (Lipinski definition) is 2. The second-order valence-electron chi connectivity index (χ2n) is 4.81. The number of amides is 1. The fourth-order valence-corrected chi connectivity index (χ4v) is 2.17. The van der Waals surface area contributed by atoms with Crippen LogP contribution in [0.4, 0.5) is 5.69 Å². The fraction of sp³-hybridized carbons (Fsp3) is 0.467. The highest BCUT2D eigenvalue weighted by Gasteiger charge is 2.11. The molecule has 1 aromatic carbocycles. The van der Waals surface area contributed by atoms with E-state index in [9.17, 15) is 4.79 Å². The summed E-state index contributed by atoms with van der Waals surface area (Å²) >= 11 is 5.18. The van der Waals surface area contributed by atoms with E-state index in [1.807, 2.05) is 52.0 Å². The smallest absolute Gasteiger partial charge is 0.253 e. The van der Waals surface area contributed by atoms with Crippen molar-refractivity contribution in [3.63, 3.8) is 0 Å². The van der Waals surface area contributed by atoms with Crippen LogP contribution in [0.3, 0.4) is 0 Å². The average Bonchev–Trinajstić information content (AvgIpc) is 2.39. The van der Waals surface area contributed by atoms with Crippen LogP contribution in [0.2, 0.25) is 0 Å². The van der Waals surface area contributed by atoms with Crippen molar-refractivity contribution in [3.05, 3.63) is 29.8 Å². The highest BCUT2D eigenvalue weighted by molar-refractivity contribution is 7.80. The topological polar surface area (TPSA) is 44.4 Å². The molecule has 0 radical (unpaired) electrons. The van der Waals surface area contributed by atoms with Gasteiger partial charge >= 0.3 is 0 Å². The van der Waals surface area contributed by atoms with E-state index in [1.165, 1.54) is 0 Å². The van der Waals surface area contributed by atoms with E-state index in [1.54, 1.807) is 4.90 Å². The molecule has 110 valence electrons. The van der Waals surface area contributed by atoms with Crippen LogP contribution in [0.15, 0.2) is 24.3 Å². The van der Waals surface area contributed by atoms with Gasteiger partial charge in [0.05, 0.1) is 0 Å². The maximum Gasteiger partial charge on any atom is 0.253 e. The second kappa shape index (κ2) is 7.85. The standard InChI is InChI=1S/C15H23N3OS/c1-5-18(6-2)14(19)12-7-9-13(10-8-12)17-15(20)16-11(3)4/h7-11H,5-6H2,1-4H3,(H2,16,17,20). The number of rotatable bonds is 5. The third-order valence-corrected chi connectivity index (χ3v) is 3.08. The first-order valence-corrected chi connectivity index (χ1v) is 7.35. The molecule has 0 saturated carbocycles. The quantitative estimate of drug-likeness (QED) is 0.819. The Morgan fingerprint density at radius 3 is 2.20 bits per heavy atom. The molecule has 0 aliphatic carbocycles. The largest absolute Gasteiger partial charge is 0.360 e. The molecule has 2 N–H and O–H groups in total. The van der Waals surface area contributed by atoms with Crippen LogP contribution in [0, 0.1) is 0 Å². The van der Waals surface area contributed by atoms with Gasteiger partial charge in [0.1, 0.15) is 0 Å². The zero-order chi connectivity index (χ0) is 15.1. The Labute approximate surface area is 126 Å². The minimum atomic E-state index is 0.0597. The van der Waals surface area contributed by atoms with Gasteiger partial charge < -0.3 is 15.5 Å². The third kappa shape index (κ3) is 4.81. The molecular formula is C15H23N3OS. The van der Waals surface area contributed by atoms with Crippen LogP contribution in [-0.4, -0.2) is 35.1 Å². The molecule has 20 heavy (non-hydrogen) atoms. The van der Waals surface area contributed by atoms with E-state index in [4.69, 9.17) is 12.2 Å². The minimum absolute atomic E-state index is 0.0597. The maximum atomic E-state index is 12.2. The van der Waals surface area contributed by atoms with E-state index in [2.05, 4.69) is 10.6 Å². The molecular weight excluding hydrogens is 270 g/mol. The monoisotopic (exact) mass is 293 g/mol. The van der Waals surface area contributed by atoms with Crippen molar-refractivity contribution in [2.45, 2.75) is 33.7 Å². The first kappa shape index (κ1) is 16.4. The summed E-state index contributed by atoms with van der Waals surface area (Å²) in [6.07, 6.45) is 0. The molecule has 0 bridgehead atoms. The van der Waals surface area contributed by atoms with Crippen LogP contribution in [-0.2, 0) is 0 Å². The number of thiocarbonyl (C=S) groups is 1. The summed E-state index contributed by atoms with van der Waals surface area (Å²) in [5, 5.41) is 6.79. The molecule has 0 aliphatic rings. The zero-order valence-corrected chi connectivity index (χ0v) is 13.4. The molecule has 4 nitrogen and oxygen atoms in total. The average molecular weight is 293 g/mol. The van der Waals surface area contributed by atoms with E-state index in [-0.39, 0.29) is 5.91 Å². The molecule has 0 unspecified atom stereocenters. The number of benzene rings is 1. The summed E-state index contributed by atoms with van der Waals surface area (Å²) < 4.78 is 0. The van der Waals surface area contributed by atoms with Gasteiger partial charge in [-0.1, -0.05) is 0 Å². The second-order valence-corrected chi connectivity index (χ2v) is 5.22. The molecule has 0 atom stereocenters. The minimum Gasteiger partial charge on any atom is -0.360 e. The highest BCUT2D eigenvalue weighted by Crippen LogP contribution is 2.11. The number of hydrogen-bond donors (Lipinski definition) is 2. The molecule has 0 saturated heterocycles. The van der Waals surface area contributed by atoms with Gasteiger partial charge in [0.25, 0.3) is 5.91 Å². The Morgan fingerprint density at radius 2 is 1.75 bits per heavy atom. The first-order chi connectivity index (χ1) is 9.47. The lowest BCUT2D eigenvalue weighted by Crippen LogP contribution is -2.34. The number of nitrogens with one attached hydrogen (secondary N) is 2. The van der Waals surface area contributed by atoms with Crippen molar-refractivity contribution in [1.29, 1.82) is 0 Å². The fourth-order valence-electron chi connectivity index (χ4n) is 1.82. The molecule has 5 heteroatoms. The van der Waals surface area contributed by atoms with E-state index < -0.39 is 0 Å². The SMILES string of the molecule is CCN(CC)C(=O)c1ccc(NC(=S)NC(C)C)cc1. The third-order valence-electron chi connectivity index (χ3n) is 2.86. The Kier molecular flexibility index (Phi) is 6.45. The summed E-state index contributed by atoms with van der Waals surface area (Å²) in [6.45, 7) is 9.45. The van der Waals surface area contributed by atoms with Crippen molar-refractivity contribution in [3.8, 4) is 0 Å². The molecule has 1 aromatic rings. The highest BCUT2D eigenvalue weighted by atomic mass is 32.1. The van der Waals surface area contributed by atoms with Crippen LogP contribution < -0.4 is 10.6 Å². The molecule has 0 fully saturated rings. The van der Waals surface area contributed by atoms with Crippen molar-refractivity contribution in [1.82, 2.24) is 10.2 Å². The lowest BCUT2D eigenvalue weighted by Gasteiger charge is -2.19. The summed E-state index contributed by atoms with van der Waals surface area (Å²) in [7, 11) is 0. The summed E-state index contributed by atoms with van der Waals surface area (Å²) in [5.74, 6) is 0.0597. The molecule has 0 spiro atoms. The van der Waals surface area contributed by atoms with Crippen LogP contribution in [0.25, 0.3) is 0 Å². The van der Waals surface area contributed by atoms with Gasteiger partial charge in [-0.25, -0.2) is 0 Å². The Hall–Kier alpha value is -1.62. The van der Waals surface area contributed by atoms with E-state index in [0.29, 0.717) is 16.7 Å². The van der Waals surface area contributed by atoms with Crippen molar-refractivity contribution >= 4 is 28.9 Å². The Balaban J connectivity index is 2.69. The molecule has 0 aromatic heterocycles. The molecule has 1 amide bonds. The number of anilines is 1. The van der Waals surface area contributed by atoms with Crippen molar-refractivity contribution < 1.29 is 4.79 Å². The van der Waals surface area contributed by atoms with Gasteiger partial charge in [-0.2, -0.15) is 0 Å². The Bertz CT molecular complexity index is 453. The normalized spacial score (nSPS) is 10.2. The predicted molar refractivity (Wildman–Crippen MR) is 88.2 cm³/mol. The summed E-state index contributed by atoms with van der Waals surface area (Å²) in [5.41, 5.74) is 1.57. The summed E-state index contributed by atoms with van der Waals surface area (Å²) in [4.78, 5) is 14.0. The van der Waals surface area contributed by atoms with Gasteiger partial charge in [-0.15, -0.1) is 0 Å². The van der Waals surface area contributed by atoms with Gasteiger partial charge in [0.2, 0.25) is 0 Å². The van der Waals surface area contributed by atoms with E-state index in [0.717, 1.165) is 18.8 Å². The molecule has 0 heterocycles. The first-order valence-electron chi connectivity index (χ1n) is 6.94. The number of carbonyl (C=O) groups excluding carboxylic acids is 1. The van der Waals surface area contributed by atoms with Gasteiger partial charge in [-0.05, 0) is 64.2 Å². The van der Waals surface area contributed by atoms with Crippen LogP contribution in [0.5, 0.6) is 0 Å². The number of nitrogens with zero attached hydrogens (tertiary/aromatic N) is 1. The van der Waals surface area contributed by atoms with Crippen molar-refractivity contribution in [2.24, 2.45) is 0 Å². The van der Waals surface area contributed by atoms with Gasteiger partial charge in [0.15, 0.2) is 5.11 Å². The Morgan fingerprint density at radius 1 is 1.20 bits per heavy atom. The molecule has 1 rings (SSSR count). The summed E-state index contributed by atoms with van der Waals surface area (Å²) in [6, 6.07) is 7.66. The van der Waals surface area contributed by atoms with Gasteiger partial charge in [-0.3, -0.25) is 4.79 Å². The molecule has 0 aliphatic heterocycles. The van der Waals surface area contributed by atoms with Crippen LogP contribution >= 0.6 is 12.2 Å². The number of carbonyl (C=O) groups is 1. The maximum absolute atomic E-state index is 12.2. The lowest BCUT2D eigenvalue weighted by molar-refractivity contribution is 0.0773. The van der Waals surface area contributed by atoms with Crippen LogP contribution in [0.1, 0.15) is 38.1 Å². The van der Waals surface area contributed by atoms with E-state index >= 15 is 0 Å². The lowest BCUT2D eigenvalue weighted by atomic mass is 10.2. The van der Waals surface area contributed by atoms with Gasteiger partial charge in [0, 0.05) is 30.4 Å². The zero-order valence-electron chi connectivity index (χ0n) is 12.6.